The molecule has 9 heteroatoms. The fourth-order valence-corrected chi connectivity index (χ4v) is 3.41. The summed E-state index contributed by atoms with van der Waals surface area (Å²) < 4.78 is 18.2. The molecule has 4 rings (SSSR count). The number of imide groups is 1. The predicted molar refractivity (Wildman–Crippen MR) is 123 cm³/mol. The van der Waals surface area contributed by atoms with Crippen LogP contribution < -0.4 is 20.3 Å². The van der Waals surface area contributed by atoms with E-state index in [1.807, 2.05) is 0 Å². The van der Waals surface area contributed by atoms with Crippen LogP contribution in [0.5, 0.6) is 5.75 Å². The van der Waals surface area contributed by atoms with Gasteiger partial charge in [-0.2, -0.15) is 0 Å². The van der Waals surface area contributed by atoms with Crippen molar-refractivity contribution in [2.75, 3.05) is 22.6 Å². The summed E-state index contributed by atoms with van der Waals surface area (Å²) in [6, 6.07) is 18.1. The Morgan fingerprint density at radius 2 is 1.64 bits per heavy atom. The van der Waals surface area contributed by atoms with Gasteiger partial charge in [-0.25, -0.2) is 9.29 Å². The van der Waals surface area contributed by atoms with Crippen LogP contribution in [0.1, 0.15) is 10.4 Å². The molecule has 0 fully saturated rings. The van der Waals surface area contributed by atoms with Crippen molar-refractivity contribution < 1.29 is 23.5 Å². The van der Waals surface area contributed by atoms with Crippen LogP contribution in [0.25, 0.3) is 0 Å². The van der Waals surface area contributed by atoms with Crippen molar-refractivity contribution in [1.82, 2.24) is 0 Å². The molecule has 0 radical (unpaired) electrons. The predicted octanol–water partition coefficient (Wildman–Crippen LogP) is 4.52. The molecule has 0 atom stereocenters. The molecule has 0 aromatic heterocycles. The molecule has 0 spiro atoms. The van der Waals surface area contributed by atoms with Crippen molar-refractivity contribution in [2.45, 2.75) is 0 Å². The molecule has 3 amide bonds. The van der Waals surface area contributed by atoms with Crippen LogP contribution in [0.3, 0.4) is 0 Å². The van der Waals surface area contributed by atoms with Crippen LogP contribution in [0.2, 0.25) is 0 Å². The number of methoxy groups -OCH3 is 1. The molecule has 166 valence electrons. The lowest BCUT2D eigenvalue weighted by molar-refractivity contribution is -0.120. The number of hydrogen-bond acceptors (Lipinski definition) is 5. The molecule has 1 aliphatic rings. The van der Waals surface area contributed by atoms with Crippen molar-refractivity contribution in [1.29, 1.82) is 0 Å². The van der Waals surface area contributed by atoms with E-state index in [0.717, 1.165) is 4.90 Å². The van der Waals surface area contributed by atoms with E-state index in [2.05, 4.69) is 10.6 Å². The van der Waals surface area contributed by atoms with E-state index < -0.39 is 23.5 Å². The molecule has 3 aromatic carbocycles. The normalized spacial score (nSPS) is 13.4. The summed E-state index contributed by atoms with van der Waals surface area (Å²) >= 11 is 6.17. The van der Waals surface area contributed by atoms with Gasteiger partial charge in [-0.3, -0.25) is 14.4 Å². The number of carbonyl (C=O) groups excluding carboxylic acids is 3. The van der Waals surface area contributed by atoms with E-state index in [4.69, 9.17) is 16.3 Å². The zero-order valence-corrected chi connectivity index (χ0v) is 18.0. The van der Waals surface area contributed by atoms with Crippen LogP contribution in [0.4, 0.5) is 21.5 Å². The summed E-state index contributed by atoms with van der Waals surface area (Å²) in [4.78, 5) is 39.1. The number of halogens is 2. The van der Waals surface area contributed by atoms with Gasteiger partial charge in [0.1, 0.15) is 22.3 Å². The summed E-state index contributed by atoms with van der Waals surface area (Å²) in [6.07, 6.45) is 0. The number of rotatable bonds is 6. The fraction of sp³-hybridized carbons (Fsp3) is 0.0417. The van der Waals surface area contributed by atoms with Gasteiger partial charge >= 0.3 is 0 Å². The molecule has 0 aliphatic carbocycles. The van der Waals surface area contributed by atoms with E-state index in [1.165, 1.54) is 37.4 Å². The van der Waals surface area contributed by atoms with E-state index in [9.17, 15) is 18.8 Å². The molecule has 3 aromatic rings. The number of carbonyl (C=O) groups is 3. The third-order valence-corrected chi connectivity index (χ3v) is 5.20. The number of nitrogens with zero attached hydrogens (tertiary/aromatic N) is 1. The number of benzene rings is 3. The SMILES string of the molecule is COc1ccc(N2C(=O)C(Cl)=C(Nc3cccc(C(=O)Nc4ccc(F)cc4)c3)C2=O)cc1. The number of nitrogens with one attached hydrogen (secondary N) is 2. The Morgan fingerprint density at radius 1 is 0.939 bits per heavy atom. The minimum atomic E-state index is -0.667. The highest BCUT2D eigenvalue weighted by Gasteiger charge is 2.39. The number of hydrogen-bond donors (Lipinski definition) is 2. The van der Waals surface area contributed by atoms with Gasteiger partial charge in [0.25, 0.3) is 17.7 Å². The Bertz CT molecular complexity index is 1270. The van der Waals surface area contributed by atoms with E-state index >= 15 is 0 Å². The zero-order valence-electron chi connectivity index (χ0n) is 17.3. The van der Waals surface area contributed by atoms with Crippen molar-refractivity contribution >= 4 is 46.4 Å². The first-order valence-corrected chi connectivity index (χ1v) is 10.1. The standard InChI is InChI=1S/C24H17ClFN3O4/c1-33-19-11-9-18(10-12-19)29-23(31)20(25)21(24(29)32)27-17-4-2-3-14(13-17)22(30)28-16-7-5-15(26)6-8-16/h2-13,27H,1H3,(H,28,30). The largest absolute Gasteiger partial charge is 0.497 e. The van der Waals surface area contributed by atoms with Crippen LogP contribution in [-0.4, -0.2) is 24.8 Å². The van der Waals surface area contributed by atoms with Crippen LogP contribution >= 0.6 is 11.6 Å². The Labute approximate surface area is 193 Å². The first-order chi connectivity index (χ1) is 15.9. The van der Waals surface area contributed by atoms with Crippen molar-refractivity contribution in [2.24, 2.45) is 0 Å². The van der Waals surface area contributed by atoms with Crippen molar-refractivity contribution in [3.63, 3.8) is 0 Å². The quantitative estimate of drug-likeness (QED) is 0.522. The van der Waals surface area contributed by atoms with Crippen molar-refractivity contribution in [3.8, 4) is 5.75 Å². The number of amides is 3. The van der Waals surface area contributed by atoms with Gasteiger partial charge in [0.15, 0.2) is 0 Å². The molecule has 0 unspecified atom stereocenters. The molecule has 2 N–H and O–H groups in total. The Morgan fingerprint density at radius 3 is 2.30 bits per heavy atom. The first kappa shape index (κ1) is 22.0. The average Bonchev–Trinajstić information content (AvgIpc) is 3.04. The minimum absolute atomic E-state index is 0.103. The van der Waals surface area contributed by atoms with Gasteiger partial charge in [-0.15, -0.1) is 0 Å². The van der Waals surface area contributed by atoms with Gasteiger partial charge in [0, 0.05) is 16.9 Å². The van der Waals surface area contributed by atoms with Gasteiger partial charge in [-0.1, -0.05) is 17.7 Å². The van der Waals surface area contributed by atoms with Crippen LogP contribution in [-0.2, 0) is 9.59 Å². The Balaban J connectivity index is 1.52. The third kappa shape index (κ3) is 4.56. The lowest BCUT2D eigenvalue weighted by Gasteiger charge is -2.15. The van der Waals surface area contributed by atoms with E-state index in [1.54, 1.807) is 42.5 Å². The summed E-state index contributed by atoms with van der Waals surface area (Å²) in [5, 5.41) is 5.23. The summed E-state index contributed by atoms with van der Waals surface area (Å²) in [6.45, 7) is 0. The molecule has 0 saturated carbocycles. The topological polar surface area (TPSA) is 87.7 Å². The van der Waals surface area contributed by atoms with Gasteiger partial charge in [0.05, 0.1) is 12.8 Å². The summed E-state index contributed by atoms with van der Waals surface area (Å²) in [5.41, 5.74) is 1.33. The lowest BCUT2D eigenvalue weighted by atomic mass is 10.1. The molecule has 0 saturated heterocycles. The maximum atomic E-state index is 13.1. The highest BCUT2D eigenvalue weighted by atomic mass is 35.5. The molecular weight excluding hydrogens is 449 g/mol. The smallest absolute Gasteiger partial charge is 0.283 e. The minimum Gasteiger partial charge on any atom is -0.497 e. The zero-order chi connectivity index (χ0) is 23.5. The van der Waals surface area contributed by atoms with Crippen LogP contribution in [0.15, 0.2) is 83.5 Å². The van der Waals surface area contributed by atoms with Crippen molar-refractivity contribution in [3.05, 3.63) is 94.9 Å². The van der Waals surface area contributed by atoms with Gasteiger partial charge in [-0.05, 0) is 66.7 Å². The second kappa shape index (κ2) is 9.13. The fourth-order valence-electron chi connectivity index (χ4n) is 3.20. The monoisotopic (exact) mass is 465 g/mol. The van der Waals surface area contributed by atoms with E-state index in [0.29, 0.717) is 22.8 Å². The molecule has 1 heterocycles. The highest BCUT2D eigenvalue weighted by Crippen LogP contribution is 2.31. The first-order valence-electron chi connectivity index (χ1n) is 9.74. The third-order valence-electron chi connectivity index (χ3n) is 4.85. The van der Waals surface area contributed by atoms with Crippen LogP contribution in [0, 0.1) is 5.82 Å². The van der Waals surface area contributed by atoms with Gasteiger partial charge < -0.3 is 15.4 Å². The Kier molecular flexibility index (Phi) is 6.10. The maximum Gasteiger partial charge on any atom is 0.283 e. The molecule has 33 heavy (non-hydrogen) atoms. The average molecular weight is 466 g/mol. The Hall–Kier alpha value is -4.17. The summed E-state index contributed by atoms with van der Waals surface area (Å²) in [5.74, 6) is -1.57. The maximum absolute atomic E-state index is 13.1. The lowest BCUT2D eigenvalue weighted by Crippen LogP contribution is -2.32. The number of ether oxygens (including phenoxy) is 1. The number of anilines is 3. The molecule has 0 bridgehead atoms. The highest BCUT2D eigenvalue weighted by molar-refractivity contribution is 6.53. The second-order valence-electron chi connectivity index (χ2n) is 7.00. The molecule has 7 nitrogen and oxygen atoms in total. The van der Waals surface area contributed by atoms with Gasteiger partial charge in [0.2, 0.25) is 0 Å². The molecule has 1 aliphatic heterocycles. The molecular formula is C24H17ClFN3O4. The second-order valence-corrected chi connectivity index (χ2v) is 7.38. The summed E-state index contributed by atoms with van der Waals surface area (Å²) in [7, 11) is 1.51. The van der Waals surface area contributed by atoms with E-state index in [-0.39, 0.29) is 16.3 Å².